The Kier molecular flexibility index (Phi) is 9.79. The topological polar surface area (TPSA) is 0 Å². The fourth-order valence-electron chi connectivity index (χ4n) is 0. The van der Waals surface area contributed by atoms with E-state index in [1.54, 1.807) is 6.08 Å². The maximum Gasteiger partial charge on any atom is 0.203 e. The van der Waals surface area contributed by atoms with Crippen LogP contribution < -0.4 is 0 Å². The molecule has 0 unspecified atom stereocenters. The van der Waals surface area contributed by atoms with Crippen molar-refractivity contribution in [2.75, 3.05) is 5.88 Å². The standard InChI is InChI=1S/C3H6.C2H2Cl4/c1-3-2;3-1-2(4,5)6/h3H,1H2,2H3;1H2. The zero-order valence-corrected chi connectivity index (χ0v) is 8.03. The summed E-state index contributed by atoms with van der Waals surface area (Å²) in [6.07, 6.45) is 1.75. The fraction of sp³-hybridized carbons (Fsp3) is 0.600. The van der Waals surface area contributed by atoms with Gasteiger partial charge in [-0.05, 0) is 6.92 Å². The second kappa shape index (κ2) is 7.01. The molecule has 0 saturated carbocycles. The summed E-state index contributed by atoms with van der Waals surface area (Å²) < 4.78 is -1.28. The van der Waals surface area contributed by atoms with Crippen LogP contribution in [0.3, 0.4) is 0 Å². The molecule has 0 aliphatic rings. The van der Waals surface area contributed by atoms with Crippen LogP contribution in [-0.2, 0) is 0 Å². The van der Waals surface area contributed by atoms with Gasteiger partial charge in [0.25, 0.3) is 0 Å². The molecule has 0 aliphatic heterocycles. The van der Waals surface area contributed by atoms with E-state index in [0.717, 1.165) is 0 Å². The van der Waals surface area contributed by atoms with Crippen molar-refractivity contribution in [1.82, 2.24) is 0 Å². The van der Waals surface area contributed by atoms with Crippen molar-refractivity contribution in [3.63, 3.8) is 0 Å². The van der Waals surface area contributed by atoms with Gasteiger partial charge in [-0.3, -0.25) is 0 Å². The van der Waals surface area contributed by atoms with E-state index < -0.39 is 3.79 Å². The third kappa shape index (κ3) is 27.9. The molecule has 0 bridgehead atoms. The molecule has 9 heavy (non-hydrogen) atoms. The Labute approximate surface area is 75.7 Å². The van der Waals surface area contributed by atoms with E-state index in [-0.39, 0.29) is 5.88 Å². The van der Waals surface area contributed by atoms with Gasteiger partial charge in [0.15, 0.2) is 0 Å². The minimum absolute atomic E-state index is 0.0394. The Morgan fingerprint density at radius 2 is 1.56 bits per heavy atom. The maximum absolute atomic E-state index is 5.12. The second-order valence-electron chi connectivity index (χ2n) is 1.16. The Bertz CT molecular complexity index is 63.8. The molecule has 0 aromatic carbocycles. The molecule has 0 atom stereocenters. The van der Waals surface area contributed by atoms with Crippen LogP contribution in [0.15, 0.2) is 12.7 Å². The number of alkyl halides is 4. The average Bonchev–Trinajstić information content (AvgIpc) is 1.67. The smallest absolute Gasteiger partial charge is 0.122 e. The van der Waals surface area contributed by atoms with Crippen LogP contribution >= 0.6 is 46.4 Å². The zero-order chi connectivity index (χ0) is 7.91. The van der Waals surface area contributed by atoms with Gasteiger partial charge in [-0.15, -0.1) is 18.2 Å². The van der Waals surface area contributed by atoms with Crippen LogP contribution in [0.2, 0.25) is 0 Å². The van der Waals surface area contributed by atoms with Gasteiger partial charge in [-0.2, -0.15) is 0 Å². The van der Waals surface area contributed by atoms with Gasteiger partial charge >= 0.3 is 0 Å². The summed E-state index contributed by atoms with van der Waals surface area (Å²) in [6.45, 7) is 5.25. The van der Waals surface area contributed by atoms with Crippen LogP contribution in [-0.4, -0.2) is 9.67 Å². The highest BCUT2D eigenvalue weighted by Crippen LogP contribution is 2.26. The summed E-state index contributed by atoms with van der Waals surface area (Å²) in [5, 5.41) is 0. The number of allylic oxidation sites excluding steroid dienone is 1. The third-order valence-electron chi connectivity index (χ3n) is 0.152. The van der Waals surface area contributed by atoms with Crippen LogP contribution in [0.1, 0.15) is 6.92 Å². The van der Waals surface area contributed by atoms with Gasteiger partial charge < -0.3 is 0 Å². The molecular weight excluding hydrogens is 202 g/mol. The molecule has 0 spiro atoms. The molecule has 56 valence electrons. The van der Waals surface area contributed by atoms with Gasteiger partial charge in [0.1, 0.15) is 0 Å². The summed E-state index contributed by atoms with van der Waals surface area (Å²) in [6, 6.07) is 0. The summed E-state index contributed by atoms with van der Waals surface area (Å²) >= 11 is 20.4. The lowest BCUT2D eigenvalue weighted by Gasteiger charge is -2.00. The molecule has 0 rings (SSSR count). The third-order valence-corrected chi connectivity index (χ3v) is 1.36. The normalized spacial score (nSPS) is 9.44. The lowest BCUT2D eigenvalue weighted by atomic mass is 10.8. The lowest BCUT2D eigenvalue weighted by molar-refractivity contribution is 1.28. The molecular formula is C5H8Cl4. The highest BCUT2D eigenvalue weighted by molar-refractivity contribution is 6.69. The quantitative estimate of drug-likeness (QED) is 0.421. The Morgan fingerprint density at radius 1 is 1.44 bits per heavy atom. The van der Waals surface area contributed by atoms with E-state index in [9.17, 15) is 0 Å². The number of hydrogen-bond acceptors (Lipinski definition) is 0. The van der Waals surface area contributed by atoms with Crippen molar-refractivity contribution in [3.05, 3.63) is 12.7 Å². The molecule has 0 N–H and O–H groups in total. The van der Waals surface area contributed by atoms with E-state index in [4.69, 9.17) is 46.4 Å². The number of hydrogen-bond donors (Lipinski definition) is 0. The van der Waals surface area contributed by atoms with Gasteiger partial charge in [-0.1, -0.05) is 40.9 Å². The monoisotopic (exact) mass is 208 g/mol. The van der Waals surface area contributed by atoms with Crippen molar-refractivity contribution in [2.24, 2.45) is 0 Å². The fourth-order valence-corrected chi connectivity index (χ4v) is 0. The highest BCUT2D eigenvalue weighted by Gasteiger charge is 2.16. The van der Waals surface area contributed by atoms with Gasteiger partial charge in [-0.25, -0.2) is 0 Å². The minimum atomic E-state index is -1.28. The van der Waals surface area contributed by atoms with Gasteiger partial charge in [0.05, 0.1) is 5.88 Å². The number of rotatable bonds is 0. The zero-order valence-electron chi connectivity index (χ0n) is 5.00. The van der Waals surface area contributed by atoms with Crippen LogP contribution in [0.4, 0.5) is 0 Å². The van der Waals surface area contributed by atoms with E-state index in [1.165, 1.54) is 0 Å². The molecule has 0 aliphatic carbocycles. The van der Waals surface area contributed by atoms with Crippen molar-refractivity contribution in [1.29, 1.82) is 0 Å². The molecule has 0 saturated heterocycles. The van der Waals surface area contributed by atoms with Crippen molar-refractivity contribution >= 4 is 46.4 Å². The summed E-state index contributed by atoms with van der Waals surface area (Å²) in [7, 11) is 0. The first-order chi connectivity index (χ1) is 3.97. The molecule has 0 aromatic rings. The van der Waals surface area contributed by atoms with Crippen molar-refractivity contribution in [3.8, 4) is 0 Å². The van der Waals surface area contributed by atoms with E-state index >= 15 is 0 Å². The first-order valence-corrected chi connectivity index (χ1v) is 3.84. The average molecular weight is 210 g/mol. The Hall–Kier alpha value is 0.900. The minimum Gasteiger partial charge on any atom is -0.122 e. The molecule has 4 heteroatoms. The van der Waals surface area contributed by atoms with E-state index in [2.05, 4.69) is 6.58 Å². The highest BCUT2D eigenvalue weighted by atomic mass is 35.6. The molecule has 0 radical (unpaired) electrons. The summed E-state index contributed by atoms with van der Waals surface area (Å²) in [4.78, 5) is 0. The van der Waals surface area contributed by atoms with E-state index in [0.29, 0.717) is 0 Å². The molecule has 0 nitrogen and oxygen atoms in total. The Balaban J connectivity index is 0. The van der Waals surface area contributed by atoms with E-state index in [1.807, 2.05) is 6.92 Å². The maximum atomic E-state index is 5.12. The van der Waals surface area contributed by atoms with Crippen LogP contribution in [0.5, 0.6) is 0 Å². The van der Waals surface area contributed by atoms with Crippen LogP contribution in [0.25, 0.3) is 0 Å². The molecule has 0 fully saturated rings. The molecule has 0 heterocycles. The number of halogens is 4. The first kappa shape index (κ1) is 12.6. The predicted octanol–water partition coefficient (Wildman–Crippen LogP) is 3.79. The molecule has 0 aromatic heterocycles. The largest absolute Gasteiger partial charge is 0.203 e. The van der Waals surface area contributed by atoms with Crippen LogP contribution in [0, 0.1) is 0 Å². The first-order valence-electron chi connectivity index (χ1n) is 2.17. The Morgan fingerprint density at radius 3 is 1.56 bits per heavy atom. The van der Waals surface area contributed by atoms with Crippen molar-refractivity contribution in [2.45, 2.75) is 10.7 Å². The second-order valence-corrected chi connectivity index (χ2v) is 3.94. The lowest BCUT2D eigenvalue weighted by Crippen LogP contribution is -2.01. The van der Waals surface area contributed by atoms with Crippen molar-refractivity contribution < 1.29 is 0 Å². The van der Waals surface area contributed by atoms with Gasteiger partial charge in [0, 0.05) is 0 Å². The summed E-state index contributed by atoms with van der Waals surface area (Å²) in [5.41, 5.74) is 0. The van der Waals surface area contributed by atoms with Gasteiger partial charge in [0.2, 0.25) is 3.79 Å². The summed E-state index contributed by atoms with van der Waals surface area (Å²) in [5.74, 6) is 0.0394. The predicted molar refractivity (Wildman–Crippen MR) is 46.9 cm³/mol. The SMILES string of the molecule is C=CC.ClCC(Cl)(Cl)Cl. The molecule has 0 amide bonds.